The van der Waals surface area contributed by atoms with E-state index in [1.807, 2.05) is 19.1 Å². The fourth-order valence-electron chi connectivity index (χ4n) is 5.47. The standard InChI is InChI=1S/C34H50BrN7O/c1-7-11-13-16-34(6,15-12-8-2)23-43-33-40-29-20-28(35)31(39-24(5)9-3)27(10-4)30(29)32(41-33)42-18-14-17-38-26(22-42)19-25(37)21-36/h10,19-20,24H,7-9,11-18,22-23,37H2,1-6H3/b25-19-,27-10-,39-31?. The van der Waals surface area contributed by atoms with Crippen LogP contribution in [0.2, 0.25) is 0 Å². The van der Waals surface area contributed by atoms with Gasteiger partial charge in [-0.2, -0.15) is 15.2 Å². The van der Waals surface area contributed by atoms with E-state index in [4.69, 9.17) is 30.4 Å². The number of unbranched alkanes of at least 4 members (excludes halogenated alkanes) is 3. The van der Waals surface area contributed by atoms with E-state index in [2.05, 4.69) is 61.5 Å². The molecule has 0 bridgehead atoms. The van der Waals surface area contributed by atoms with Crippen molar-refractivity contribution in [3.63, 3.8) is 0 Å². The number of nitrogens with zero attached hydrogens (tertiary/aromatic N) is 6. The molecule has 2 aliphatic rings. The number of rotatable bonds is 14. The molecule has 1 aliphatic carbocycles. The number of ether oxygens (including phenoxy) is 1. The summed E-state index contributed by atoms with van der Waals surface area (Å²) < 4.78 is 7.40. The summed E-state index contributed by atoms with van der Waals surface area (Å²) in [6.07, 6.45) is 15.8. The van der Waals surface area contributed by atoms with Gasteiger partial charge in [-0.1, -0.05) is 65.9 Å². The lowest BCUT2D eigenvalue weighted by Gasteiger charge is -2.31. The lowest BCUT2D eigenvalue weighted by atomic mass is 9.81. The van der Waals surface area contributed by atoms with Crippen LogP contribution >= 0.6 is 15.9 Å². The van der Waals surface area contributed by atoms with Crippen LogP contribution in [0.5, 0.6) is 6.01 Å². The van der Waals surface area contributed by atoms with Crippen LogP contribution in [0, 0.1) is 16.7 Å². The summed E-state index contributed by atoms with van der Waals surface area (Å²) in [6.45, 7) is 15.6. The van der Waals surface area contributed by atoms with E-state index in [1.54, 1.807) is 6.08 Å². The van der Waals surface area contributed by atoms with Gasteiger partial charge >= 0.3 is 6.01 Å². The van der Waals surface area contributed by atoms with Gasteiger partial charge in [-0.3, -0.25) is 9.98 Å². The molecule has 0 saturated heterocycles. The summed E-state index contributed by atoms with van der Waals surface area (Å²) in [4.78, 5) is 22.0. The fraction of sp³-hybridized carbons (Fsp3) is 0.618. The molecule has 9 heteroatoms. The highest BCUT2D eigenvalue weighted by Crippen LogP contribution is 2.40. The van der Waals surface area contributed by atoms with Crippen molar-refractivity contribution in [2.24, 2.45) is 21.1 Å². The molecule has 8 nitrogen and oxygen atoms in total. The molecule has 3 rings (SSSR count). The topological polar surface area (TPSA) is 113 Å². The number of anilines is 1. The number of nitriles is 1. The monoisotopic (exact) mass is 651 g/mol. The Morgan fingerprint density at radius 2 is 1.98 bits per heavy atom. The minimum Gasteiger partial charge on any atom is -0.463 e. The van der Waals surface area contributed by atoms with E-state index in [9.17, 15) is 5.26 Å². The third-order valence-electron chi connectivity index (χ3n) is 8.21. The lowest BCUT2D eigenvalue weighted by molar-refractivity contribution is 0.126. The number of aliphatic imine (C=N–C) groups is 2. The van der Waals surface area contributed by atoms with Crippen LogP contribution in [-0.4, -0.2) is 53.7 Å². The number of hydrogen-bond donors (Lipinski definition) is 1. The first kappa shape index (κ1) is 34.5. The van der Waals surface area contributed by atoms with Crippen LogP contribution in [0.4, 0.5) is 5.82 Å². The molecule has 0 aromatic carbocycles. The molecule has 1 aromatic rings. The fourth-order valence-corrected chi connectivity index (χ4v) is 6.00. The SMILES string of the molecule is C/C=C1\C(=NC(C)CC)C(Br)=Cc2nc(OCC(C)(CCCC)CCCCC)nc(N3CCCN=C(/C=C(\N)C#N)C3)c21. The molecule has 0 radical (unpaired) electrons. The van der Waals surface area contributed by atoms with Crippen LogP contribution in [-0.2, 0) is 0 Å². The van der Waals surface area contributed by atoms with E-state index in [-0.39, 0.29) is 17.2 Å². The van der Waals surface area contributed by atoms with Crippen molar-refractivity contribution in [1.29, 1.82) is 5.26 Å². The Morgan fingerprint density at radius 1 is 1.23 bits per heavy atom. The average molecular weight is 653 g/mol. The Labute approximate surface area is 267 Å². The third-order valence-corrected chi connectivity index (χ3v) is 8.82. The highest BCUT2D eigenvalue weighted by Gasteiger charge is 2.31. The first-order valence-corrected chi connectivity index (χ1v) is 16.8. The molecule has 1 aliphatic heterocycles. The summed E-state index contributed by atoms with van der Waals surface area (Å²) in [6, 6.07) is 2.57. The smallest absolute Gasteiger partial charge is 0.318 e. The molecule has 0 saturated carbocycles. The molecular weight excluding hydrogens is 602 g/mol. The van der Waals surface area contributed by atoms with Crippen LogP contribution in [0.25, 0.3) is 11.6 Å². The molecule has 0 amide bonds. The molecule has 0 fully saturated rings. The minimum atomic E-state index is 0.0632. The molecule has 2 N–H and O–H groups in total. The van der Waals surface area contributed by atoms with Crippen LogP contribution in [0.15, 0.2) is 32.3 Å². The number of aromatic nitrogens is 2. The second-order valence-corrected chi connectivity index (χ2v) is 12.9. The van der Waals surface area contributed by atoms with E-state index in [0.717, 1.165) is 77.2 Å². The highest BCUT2D eigenvalue weighted by molar-refractivity contribution is 9.12. The normalized spacial score (nSPS) is 19.7. The van der Waals surface area contributed by atoms with E-state index >= 15 is 0 Å². The maximum Gasteiger partial charge on any atom is 0.318 e. The zero-order valence-corrected chi connectivity index (χ0v) is 28.6. The minimum absolute atomic E-state index is 0.0632. The van der Waals surface area contributed by atoms with Crippen molar-refractivity contribution < 1.29 is 4.74 Å². The second kappa shape index (κ2) is 16.7. The van der Waals surface area contributed by atoms with Crippen LogP contribution in [0.1, 0.15) is 111 Å². The van der Waals surface area contributed by atoms with Gasteiger partial charge in [0.25, 0.3) is 0 Å². The molecular formula is C34H50BrN7O. The van der Waals surface area contributed by atoms with Gasteiger partial charge in [0, 0.05) is 34.6 Å². The number of fused-ring (bicyclic) bond motifs is 1. The Bertz CT molecular complexity index is 1310. The van der Waals surface area contributed by atoms with E-state index < -0.39 is 0 Å². The summed E-state index contributed by atoms with van der Waals surface area (Å²) in [7, 11) is 0. The van der Waals surface area contributed by atoms with E-state index in [1.165, 1.54) is 25.7 Å². The van der Waals surface area contributed by atoms with Crippen molar-refractivity contribution in [3.8, 4) is 12.1 Å². The van der Waals surface area contributed by atoms with Gasteiger partial charge in [-0.05, 0) is 67.6 Å². The first-order valence-electron chi connectivity index (χ1n) is 16.0. The molecule has 2 unspecified atom stereocenters. The number of hydrogen-bond acceptors (Lipinski definition) is 8. The molecule has 2 heterocycles. The van der Waals surface area contributed by atoms with Gasteiger partial charge < -0.3 is 15.4 Å². The van der Waals surface area contributed by atoms with Crippen molar-refractivity contribution in [1.82, 2.24) is 9.97 Å². The molecule has 2 atom stereocenters. The summed E-state index contributed by atoms with van der Waals surface area (Å²) in [5, 5.41) is 9.29. The average Bonchev–Trinajstić information content (AvgIpc) is 3.24. The van der Waals surface area contributed by atoms with Crippen molar-refractivity contribution in [2.45, 2.75) is 105 Å². The highest BCUT2D eigenvalue weighted by atomic mass is 79.9. The van der Waals surface area contributed by atoms with Gasteiger partial charge in [0.05, 0.1) is 35.8 Å². The Balaban J connectivity index is 2.11. The largest absolute Gasteiger partial charge is 0.463 e. The zero-order valence-electron chi connectivity index (χ0n) is 27.0. The van der Waals surface area contributed by atoms with Gasteiger partial charge in [0.2, 0.25) is 0 Å². The molecule has 1 aromatic heterocycles. The number of nitrogens with two attached hydrogens (primary N) is 1. The first-order chi connectivity index (χ1) is 20.7. The molecule has 43 heavy (non-hydrogen) atoms. The van der Waals surface area contributed by atoms with Gasteiger partial charge in [0.1, 0.15) is 17.6 Å². The summed E-state index contributed by atoms with van der Waals surface area (Å²) in [5.41, 5.74) is 10.5. The lowest BCUT2D eigenvalue weighted by Crippen LogP contribution is -2.32. The zero-order chi connectivity index (χ0) is 31.4. The predicted octanol–water partition coefficient (Wildman–Crippen LogP) is 8.04. The van der Waals surface area contributed by atoms with Crippen LogP contribution in [0.3, 0.4) is 0 Å². The number of allylic oxidation sites excluding steroid dienone is 4. The number of halogens is 1. The Kier molecular flexibility index (Phi) is 13.4. The van der Waals surface area contributed by atoms with Gasteiger partial charge in [-0.15, -0.1) is 0 Å². The van der Waals surface area contributed by atoms with Crippen molar-refractivity contribution in [2.75, 3.05) is 31.1 Å². The summed E-state index contributed by atoms with van der Waals surface area (Å²) >= 11 is 3.80. The maximum absolute atomic E-state index is 9.29. The maximum atomic E-state index is 9.29. The summed E-state index contributed by atoms with van der Waals surface area (Å²) in [5.74, 6) is 0.793. The van der Waals surface area contributed by atoms with E-state index in [0.29, 0.717) is 25.7 Å². The molecule has 234 valence electrons. The Hall–Kier alpha value is -2.99. The van der Waals surface area contributed by atoms with Gasteiger partial charge in [-0.25, -0.2) is 0 Å². The molecule has 0 spiro atoms. The third kappa shape index (κ3) is 9.50. The predicted molar refractivity (Wildman–Crippen MR) is 184 cm³/mol. The Morgan fingerprint density at radius 3 is 2.65 bits per heavy atom. The van der Waals surface area contributed by atoms with Crippen molar-refractivity contribution >= 4 is 44.8 Å². The van der Waals surface area contributed by atoms with Gasteiger partial charge in [0.15, 0.2) is 0 Å². The van der Waals surface area contributed by atoms with Crippen molar-refractivity contribution in [3.05, 3.63) is 33.6 Å². The quantitative estimate of drug-likeness (QED) is 0.161. The van der Waals surface area contributed by atoms with Crippen LogP contribution < -0.4 is 15.4 Å². The second-order valence-electron chi connectivity index (χ2n) is 12.0.